The number of aliphatic hydroxyl groups excluding tert-OH is 1. The summed E-state index contributed by atoms with van der Waals surface area (Å²) in [6.45, 7) is -0.103. The SMILES string of the molecule is O=C(NN1C(=O)/C(=C/c2ccc(SCCO)c([N+](=O)[O-])c2)SC1=S)c1ccc(Cl)cc1. The van der Waals surface area contributed by atoms with E-state index in [1.807, 2.05) is 0 Å². The van der Waals surface area contributed by atoms with E-state index >= 15 is 0 Å². The number of carbonyl (C=O) groups excluding carboxylic acids is 2. The lowest BCUT2D eigenvalue weighted by Gasteiger charge is -2.15. The molecule has 2 aromatic carbocycles. The van der Waals surface area contributed by atoms with Crippen LogP contribution in [0.3, 0.4) is 0 Å². The molecule has 1 heterocycles. The van der Waals surface area contributed by atoms with Crippen LogP contribution in [0.15, 0.2) is 52.3 Å². The number of thiocarbonyl (C=S) groups is 1. The van der Waals surface area contributed by atoms with Gasteiger partial charge in [-0.1, -0.05) is 29.4 Å². The fourth-order valence-corrected chi connectivity index (χ4v) is 4.59. The summed E-state index contributed by atoms with van der Waals surface area (Å²) in [6, 6.07) is 10.7. The van der Waals surface area contributed by atoms with E-state index in [9.17, 15) is 19.7 Å². The van der Waals surface area contributed by atoms with Gasteiger partial charge < -0.3 is 5.11 Å². The molecule has 1 aliphatic heterocycles. The van der Waals surface area contributed by atoms with E-state index in [0.717, 1.165) is 28.5 Å². The average molecular weight is 496 g/mol. The maximum atomic E-state index is 12.7. The van der Waals surface area contributed by atoms with Crippen molar-refractivity contribution in [1.29, 1.82) is 0 Å². The number of carbonyl (C=O) groups is 2. The van der Waals surface area contributed by atoms with E-state index in [-0.39, 0.29) is 21.5 Å². The molecule has 2 aromatic rings. The fraction of sp³-hybridized carbons (Fsp3) is 0.105. The van der Waals surface area contributed by atoms with Crippen LogP contribution in [0.1, 0.15) is 15.9 Å². The Bertz CT molecular complexity index is 1090. The molecule has 31 heavy (non-hydrogen) atoms. The molecule has 2 N–H and O–H groups in total. The summed E-state index contributed by atoms with van der Waals surface area (Å²) in [4.78, 5) is 36.6. The first kappa shape index (κ1) is 23.2. The van der Waals surface area contributed by atoms with Crippen LogP contribution in [0.5, 0.6) is 0 Å². The van der Waals surface area contributed by atoms with Gasteiger partial charge in [0.05, 0.1) is 21.3 Å². The van der Waals surface area contributed by atoms with Gasteiger partial charge in [0.15, 0.2) is 4.32 Å². The number of hydrogen-bond donors (Lipinski definition) is 2. The molecule has 0 unspecified atom stereocenters. The normalized spacial score (nSPS) is 14.9. The number of hydrazine groups is 1. The molecule has 8 nitrogen and oxygen atoms in total. The largest absolute Gasteiger partial charge is 0.396 e. The van der Waals surface area contributed by atoms with Crippen LogP contribution in [-0.2, 0) is 4.79 Å². The van der Waals surface area contributed by atoms with Crippen molar-refractivity contribution in [2.24, 2.45) is 0 Å². The second-order valence-electron chi connectivity index (χ2n) is 6.02. The molecule has 0 aromatic heterocycles. The number of aliphatic hydroxyl groups is 1. The number of nitrogens with zero attached hydrogens (tertiary/aromatic N) is 2. The summed E-state index contributed by atoms with van der Waals surface area (Å²) < 4.78 is 0.128. The number of benzene rings is 2. The Balaban J connectivity index is 1.79. The molecule has 160 valence electrons. The van der Waals surface area contributed by atoms with Crippen molar-refractivity contribution < 1.29 is 19.6 Å². The molecule has 12 heteroatoms. The van der Waals surface area contributed by atoms with Crippen LogP contribution in [0.4, 0.5) is 5.69 Å². The van der Waals surface area contributed by atoms with E-state index in [0.29, 0.717) is 26.8 Å². The van der Waals surface area contributed by atoms with Gasteiger partial charge in [0.2, 0.25) is 0 Å². The van der Waals surface area contributed by atoms with Crippen molar-refractivity contribution in [2.45, 2.75) is 4.90 Å². The van der Waals surface area contributed by atoms with Crippen LogP contribution in [0.2, 0.25) is 5.02 Å². The Morgan fingerprint density at radius 1 is 1.32 bits per heavy atom. The van der Waals surface area contributed by atoms with Crippen molar-refractivity contribution in [2.75, 3.05) is 12.4 Å². The molecule has 1 saturated heterocycles. The molecule has 1 aliphatic rings. The molecule has 0 radical (unpaired) electrons. The summed E-state index contributed by atoms with van der Waals surface area (Å²) in [7, 11) is 0. The molecular weight excluding hydrogens is 482 g/mol. The van der Waals surface area contributed by atoms with E-state index < -0.39 is 16.7 Å². The first-order valence-corrected chi connectivity index (χ1v) is 11.3. The molecule has 0 saturated carbocycles. The molecule has 0 aliphatic carbocycles. The second kappa shape index (κ2) is 10.2. The number of thioether (sulfide) groups is 2. The highest BCUT2D eigenvalue weighted by atomic mass is 35.5. The van der Waals surface area contributed by atoms with Crippen LogP contribution >= 0.6 is 47.3 Å². The minimum absolute atomic E-state index is 0.103. The first-order valence-electron chi connectivity index (χ1n) is 8.66. The summed E-state index contributed by atoms with van der Waals surface area (Å²) in [5.74, 6) is -0.750. The number of rotatable bonds is 7. The third-order valence-electron chi connectivity index (χ3n) is 3.94. The Kier molecular flexibility index (Phi) is 7.68. The molecule has 2 amide bonds. The van der Waals surface area contributed by atoms with E-state index in [2.05, 4.69) is 5.43 Å². The lowest BCUT2D eigenvalue weighted by Crippen LogP contribution is -2.44. The van der Waals surface area contributed by atoms with Gasteiger partial charge in [-0.25, -0.2) is 0 Å². The number of amides is 2. The molecular formula is C19H14ClN3O5S3. The third kappa shape index (κ3) is 5.63. The van der Waals surface area contributed by atoms with Gasteiger partial charge in [0.25, 0.3) is 17.5 Å². The second-order valence-corrected chi connectivity index (χ2v) is 9.27. The minimum atomic E-state index is -0.543. The standard InChI is InChI=1S/C19H14ClN3O5S3/c20-13-4-2-12(3-5-13)17(25)21-22-18(26)16(31-19(22)29)10-11-1-6-15(30-8-7-24)14(9-11)23(27)28/h1-6,9-10,24H,7-8H2,(H,21,25)/b16-10-. The van der Waals surface area contributed by atoms with Crippen molar-refractivity contribution in [3.8, 4) is 0 Å². The van der Waals surface area contributed by atoms with Gasteiger partial charge in [-0.05, 0) is 54.2 Å². The highest BCUT2D eigenvalue weighted by molar-refractivity contribution is 8.26. The lowest BCUT2D eigenvalue weighted by atomic mass is 10.2. The summed E-state index contributed by atoms with van der Waals surface area (Å²) in [6.07, 6.45) is 1.47. The van der Waals surface area contributed by atoms with Gasteiger partial charge in [-0.2, -0.15) is 5.01 Å². The molecule has 0 bridgehead atoms. The molecule has 1 fully saturated rings. The van der Waals surface area contributed by atoms with Gasteiger partial charge >= 0.3 is 0 Å². The zero-order valence-electron chi connectivity index (χ0n) is 15.6. The summed E-state index contributed by atoms with van der Waals surface area (Å²) >= 11 is 13.1. The summed E-state index contributed by atoms with van der Waals surface area (Å²) in [5, 5.41) is 21.7. The van der Waals surface area contributed by atoms with Crippen LogP contribution < -0.4 is 5.43 Å². The van der Waals surface area contributed by atoms with Crippen LogP contribution in [-0.4, -0.2) is 43.5 Å². The zero-order chi connectivity index (χ0) is 22.5. The van der Waals surface area contributed by atoms with Gasteiger partial charge in [-0.15, -0.1) is 11.8 Å². The third-order valence-corrected chi connectivity index (χ3v) is 6.54. The molecule has 3 rings (SSSR count). The predicted octanol–water partition coefficient (Wildman–Crippen LogP) is 3.88. The fourth-order valence-electron chi connectivity index (χ4n) is 2.53. The summed E-state index contributed by atoms with van der Waals surface area (Å²) in [5.41, 5.74) is 3.06. The number of nitro groups is 1. The number of halogens is 1. The Morgan fingerprint density at radius 3 is 2.68 bits per heavy atom. The number of nitro benzene ring substituents is 1. The zero-order valence-corrected chi connectivity index (χ0v) is 18.8. The quantitative estimate of drug-likeness (QED) is 0.196. The molecule has 0 atom stereocenters. The maximum Gasteiger partial charge on any atom is 0.285 e. The number of nitrogens with one attached hydrogen (secondary N) is 1. The van der Waals surface area contributed by atoms with Crippen molar-refractivity contribution in [3.63, 3.8) is 0 Å². The topological polar surface area (TPSA) is 113 Å². The minimum Gasteiger partial charge on any atom is -0.396 e. The Morgan fingerprint density at radius 2 is 2.03 bits per heavy atom. The van der Waals surface area contributed by atoms with Crippen LogP contribution in [0.25, 0.3) is 6.08 Å². The monoisotopic (exact) mass is 495 g/mol. The van der Waals surface area contributed by atoms with Crippen molar-refractivity contribution in [1.82, 2.24) is 10.4 Å². The average Bonchev–Trinajstić information content (AvgIpc) is 3.00. The van der Waals surface area contributed by atoms with Crippen molar-refractivity contribution in [3.05, 3.63) is 73.6 Å². The Hall–Kier alpha value is -2.44. The smallest absolute Gasteiger partial charge is 0.285 e. The maximum absolute atomic E-state index is 12.7. The van der Waals surface area contributed by atoms with E-state index in [4.69, 9.17) is 28.9 Å². The van der Waals surface area contributed by atoms with Gasteiger partial charge in [0.1, 0.15) is 0 Å². The van der Waals surface area contributed by atoms with E-state index in [1.165, 1.54) is 24.3 Å². The molecule has 0 spiro atoms. The Labute approximate surface area is 195 Å². The first-order chi connectivity index (χ1) is 14.8. The van der Waals surface area contributed by atoms with E-state index in [1.54, 1.807) is 24.3 Å². The lowest BCUT2D eigenvalue weighted by molar-refractivity contribution is -0.387. The number of hydrogen-bond acceptors (Lipinski definition) is 8. The highest BCUT2D eigenvalue weighted by Crippen LogP contribution is 2.34. The predicted molar refractivity (Wildman–Crippen MR) is 125 cm³/mol. The van der Waals surface area contributed by atoms with Gasteiger partial charge in [0, 0.05) is 22.4 Å². The van der Waals surface area contributed by atoms with Gasteiger partial charge in [-0.3, -0.25) is 25.1 Å². The van der Waals surface area contributed by atoms with Crippen LogP contribution in [0, 0.1) is 10.1 Å². The highest BCUT2D eigenvalue weighted by Gasteiger charge is 2.34. The van der Waals surface area contributed by atoms with Crippen molar-refractivity contribution >= 4 is 75.2 Å².